The van der Waals surface area contributed by atoms with Gasteiger partial charge in [0.2, 0.25) is 0 Å². The number of halogens is 1. The van der Waals surface area contributed by atoms with Gasteiger partial charge in [-0.05, 0) is 67.9 Å². The Morgan fingerprint density at radius 2 is 1.79 bits per heavy atom. The van der Waals surface area contributed by atoms with Crippen molar-refractivity contribution >= 4 is 28.4 Å². The molecule has 5 aromatic rings. The van der Waals surface area contributed by atoms with Crippen molar-refractivity contribution in [3.8, 4) is 16.8 Å². The Morgan fingerprint density at radius 3 is 2.56 bits per heavy atom. The van der Waals surface area contributed by atoms with E-state index in [0.29, 0.717) is 17.5 Å². The van der Waals surface area contributed by atoms with Crippen LogP contribution in [0.1, 0.15) is 29.2 Å². The molecule has 0 bridgehead atoms. The molecule has 1 fully saturated rings. The van der Waals surface area contributed by atoms with E-state index in [-0.39, 0.29) is 11.3 Å². The number of piperidine rings is 1. The lowest BCUT2D eigenvalue weighted by Gasteiger charge is -2.24. The van der Waals surface area contributed by atoms with E-state index in [1.54, 1.807) is 18.2 Å². The van der Waals surface area contributed by atoms with Crippen LogP contribution in [0.25, 0.3) is 27.8 Å². The van der Waals surface area contributed by atoms with Crippen LogP contribution in [0, 0.1) is 5.82 Å². The van der Waals surface area contributed by atoms with Gasteiger partial charge < -0.3 is 20.9 Å². The summed E-state index contributed by atoms with van der Waals surface area (Å²) in [5, 5.41) is 6.96. The molecule has 196 valence electrons. The molecule has 0 atom stereocenters. The van der Waals surface area contributed by atoms with E-state index in [0.717, 1.165) is 52.7 Å². The highest BCUT2D eigenvalue weighted by molar-refractivity contribution is 6.04. The Bertz CT molecular complexity index is 1740. The topological polar surface area (TPSA) is 120 Å². The number of carbonyl (C=O) groups excluding carboxylic acids is 1. The molecule has 1 saturated heterocycles. The Hall–Kier alpha value is -4.83. The number of amides is 1. The van der Waals surface area contributed by atoms with E-state index in [1.807, 2.05) is 12.1 Å². The lowest BCUT2D eigenvalue weighted by Crippen LogP contribution is -2.29. The predicted molar refractivity (Wildman–Crippen MR) is 148 cm³/mol. The number of nitrogens with zero attached hydrogens (tertiary/aromatic N) is 4. The second-order valence-electron chi connectivity index (χ2n) is 9.47. The summed E-state index contributed by atoms with van der Waals surface area (Å²) in [7, 11) is 0. The molecule has 10 heteroatoms. The number of rotatable bonds is 5. The lowest BCUT2D eigenvalue weighted by atomic mass is 10.1. The first kappa shape index (κ1) is 24.5. The highest BCUT2D eigenvalue weighted by atomic mass is 19.1. The number of anilines is 2. The summed E-state index contributed by atoms with van der Waals surface area (Å²) in [6.45, 7) is 1.89. The van der Waals surface area contributed by atoms with Gasteiger partial charge in [-0.1, -0.05) is 24.3 Å². The van der Waals surface area contributed by atoms with E-state index in [1.165, 1.54) is 42.9 Å². The molecule has 0 radical (unpaired) electrons. The quantitative estimate of drug-likeness (QED) is 0.318. The summed E-state index contributed by atoms with van der Waals surface area (Å²) in [6.07, 6.45) is 6.99. The summed E-state index contributed by atoms with van der Waals surface area (Å²) < 4.78 is 17.6. The Kier molecular flexibility index (Phi) is 6.37. The van der Waals surface area contributed by atoms with Gasteiger partial charge in [0.1, 0.15) is 29.2 Å². The van der Waals surface area contributed by atoms with Crippen LogP contribution < -0.4 is 21.9 Å². The molecule has 1 amide bonds. The second-order valence-corrected chi connectivity index (χ2v) is 9.47. The molecule has 0 saturated carbocycles. The van der Waals surface area contributed by atoms with Crippen molar-refractivity contribution in [2.24, 2.45) is 0 Å². The van der Waals surface area contributed by atoms with Crippen LogP contribution in [0.3, 0.4) is 0 Å². The molecule has 6 rings (SSSR count). The minimum atomic E-state index is -0.613. The van der Waals surface area contributed by atoms with Gasteiger partial charge in [-0.25, -0.2) is 14.4 Å². The number of pyridine rings is 1. The van der Waals surface area contributed by atoms with Gasteiger partial charge in [0.25, 0.3) is 11.5 Å². The van der Waals surface area contributed by atoms with Crippen LogP contribution in [0.4, 0.5) is 15.9 Å². The number of para-hydroxylation sites is 1. The Labute approximate surface area is 223 Å². The zero-order chi connectivity index (χ0) is 26.9. The van der Waals surface area contributed by atoms with Crippen molar-refractivity contribution in [1.82, 2.24) is 24.4 Å². The number of benzene rings is 2. The summed E-state index contributed by atoms with van der Waals surface area (Å²) in [4.78, 5) is 34.7. The van der Waals surface area contributed by atoms with Gasteiger partial charge in [0.15, 0.2) is 0 Å². The molecule has 0 spiro atoms. The maximum atomic E-state index is 14.3. The third kappa shape index (κ3) is 4.55. The van der Waals surface area contributed by atoms with Gasteiger partial charge in [-0.2, -0.15) is 0 Å². The average Bonchev–Trinajstić information content (AvgIpc) is 3.35. The van der Waals surface area contributed by atoms with Crippen molar-refractivity contribution in [1.29, 1.82) is 0 Å². The van der Waals surface area contributed by atoms with Gasteiger partial charge in [0, 0.05) is 29.7 Å². The number of nitrogens with one attached hydrogen (secondary N) is 2. The predicted octanol–water partition coefficient (Wildman–Crippen LogP) is 4.15. The maximum absolute atomic E-state index is 14.3. The standard InChI is InChI=1S/C29H26FN7O2/c30-23-5-1-2-6-24(23)36-15-3-4-21(29(36)39)28(38)35-19-9-7-18(8-10-19)22-16-37(20-11-13-32-14-12-20)27-25(22)26(31)33-17-34-27/h1-10,15-17,20,32H,11-14H2,(H,35,38)(H2,31,33,34). The van der Waals surface area contributed by atoms with E-state index in [2.05, 4.69) is 31.4 Å². The number of nitrogen functional groups attached to an aromatic ring is 1. The fourth-order valence-electron chi connectivity index (χ4n) is 5.13. The third-order valence-corrected chi connectivity index (χ3v) is 7.10. The number of aromatic nitrogens is 4. The largest absolute Gasteiger partial charge is 0.383 e. The first-order valence-electron chi connectivity index (χ1n) is 12.7. The molecule has 0 unspecified atom stereocenters. The molecule has 4 heterocycles. The number of nitrogens with two attached hydrogens (primary N) is 1. The van der Waals surface area contributed by atoms with Crippen molar-refractivity contribution < 1.29 is 9.18 Å². The van der Waals surface area contributed by atoms with Crippen LogP contribution in [-0.4, -0.2) is 38.1 Å². The van der Waals surface area contributed by atoms with E-state index in [9.17, 15) is 14.0 Å². The van der Waals surface area contributed by atoms with Gasteiger partial charge >= 0.3 is 0 Å². The minimum Gasteiger partial charge on any atom is -0.383 e. The Morgan fingerprint density at radius 1 is 1.03 bits per heavy atom. The molecular weight excluding hydrogens is 497 g/mol. The van der Waals surface area contributed by atoms with Gasteiger partial charge in [-0.15, -0.1) is 0 Å². The number of carbonyl (C=O) groups is 1. The minimum absolute atomic E-state index is 0.0772. The zero-order valence-electron chi connectivity index (χ0n) is 21.0. The Balaban J connectivity index is 1.29. The second kappa shape index (κ2) is 10.1. The summed E-state index contributed by atoms with van der Waals surface area (Å²) in [6, 6.07) is 16.5. The fraction of sp³-hybridized carbons (Fsp3) is 0.172. The van der Waals surface area contributed by atoms with Crippen molar-refractivity contribution in [3.05, 3.63) is 101 Å². The van der Waals surface area contributed by atoms with Crippen LogP contribution in [-0.2, 0) is 0 Å². The highest BCUT2D eigenvalue weighted by Crippen LogP contribution is 2.36. The number of hydrogen-bond acceptors (Lipinski definition) is 6. The van der Waals surface area contributed by atoms with E-state index < -0.39 is 17.3 Å². The van der Waals surface area contributed by atoms with Crippen molar-refractivity contribution in [3.63, 3.8) is 0 Å². The van der Waals surface area contributed by atoms with Crippen LogP contribution in [0.15, 0.2) is 84.2 Å². The van der Waals surface area contributed by atoms with E-state index in [4.69, 9.17) is 5.73 Å². The summed E-state index contributed by atoms with van der Waals surface area (Å²) in [5.41, 5.74) is 8.78. The lowest BCUT2D eigenvalue weighted by molar-refractivity contribution is 0.102. The van der Waals surface area contributed by atoms with Crippen LogP contribution in [0.5, 0.6) is 0 Å². The zero-order valence-corrected chi connectivity index (χ0v) is 21.0. The molecule has 2 aromatic carbocycles. The van der Waals surface area contributed by atoms with Crippen LogP contribution >= 0.6 is 0 Å². The number of fused-ring (bicyclic) bond motifs is 1. The number of hydrogen-bond donors (Lipinski definition) is 3. The van der Waals surface area contributed by atoms with Crippen molar-refractivity contribution in [2.45, 2.75) is 18.9 Å². The van der Waals surface area contributed by atoms with Gasteiger partial charge in [0.05, 0.1) is 11.1 Å². The van der Waals surface area contributed by atoms with E-state index >= 15 is 0 Å². The molecule has 1 aliphatic rings. The molecule has 0 aliphatic carbocycles. The molecule has 9 nitrogen and oxygen atoms in total. The maximum Gasteiger partial charge on any atom is 0.268 e. The average molecular weight is 524 g/mol. The first-order chi connectivity index (χ1) is 19.0. The van der Waals surface area contributed by atoms with Crippen molar-refractivity contribution in [2.75, 3.05) is 24.1 Å². The van der Waals surface area contributed by atoms with Gasteiger partial charge in [-0.3, -0.25) is 14.2 Å². The first-order valence-corrected chi connectivity index (χ1v) is 12.7. The third-order valence-electron chi connectivity index (χ3n) is 7.10. The summed E-state index contributed by atoms with van der Waals surface area (Å²) >= 11 is 0. The summed E-state index contributed by atoms with van der Waals surface area (Å²) in [5.74, 6) is -0.728. The highest BCUT2D eigenvalue weighted by Gasteiger charge is 2.22. The fourth-order valence-corrected chi connectivity index (χ4v) is 5.13. The molecule has 1 aliphatic heterocycles. The van der Waals surface area contributed by atoms with Crippen LogP contribution in [0.2, 0.25) is 0 Å². The monoisotopic (exact) mass is 523 g/mol. The molecule has 39 heavy (non-hydrogen) atoms. The SMILES string of the molecule is Nc1ncnc2c1c(-c1ccc(NC(=O)c3cccn(-c4ccccc4F)c3=O)cc1)cn2C1CCNCC1. The molecule has 4 N–H and O–H groups in total. The normalized spacial score (nSPS) is 14.0. The molecular formula is C29H26FN7O2. The smallest absolute Gasteiger partial charge is 0.268 e. The molecule has 3 aromatic heterocycles.